The highest BCUT2D eigenvalue weighted by molar-refractivity contribution is 7.80. The maximum atomic E-state index is 5.24. The van der Waals surface area contributed by atoms with Gasteiger partial charge in [0.1, 0.15) is 4.99 Å². The summed E-state index contributed by atoms with van der Waals surface area (Å²) in [6, 6.07) is 8.25. The van der Waals surface area contributed by atoms with Gasteiger partial charge in [-0.05, 0) is 6.07 Å². The zero-order valence-electron chi connectivity index (χ0n) is 8.24. The first kappa shape index (κ1) is 9.21. The standard InChI is InChI=1S/C11H12N2S/c1-12-11(14)9-7-13(2)10-6-4-3-5-8(9)10/h3-7H,1-2H3,(H,12,14). The Balaban J connectivity index is 2.72. The molecule has 0 amide bonds. The fourth-order valence-corrected chi connectivity index (χ4v) is 1.82. The third-order valence-corrected chi connectivity index (χ3v) is 2.79. The fourth-order valence-electron chi connectivity index (χ4n) is 1.66. The highest BCUT2D eigenvalue weighted by Gasteiger charge is 2.08. The summed E-state index contributed by atoms with van der Waals surface area (Å²) in [7, 11) is 3.88. The van der Waals surface area contributed by atoms with Gasteiger partial charge in [0.2, 0.25) is 0 Å². The van der Waals surface area contributed by atoms with Gasteiger partial charge >= 0.3 is 0 Å². The molecule has 0 fully saturated rings. The van der Waals surface area contributed by atoms with E-state index in [0.717, 1.165) is 10.6 Å². The van der Waals surface area contributed by atoms with Crippen molar-refractivity contribution in [2.75, 3.05) is 7.05 Å². The van der Waals surface area contributed by atoms with E-state index in [2.05, 4.69) is 28.2 Å². The van der Waals surface area contributed by atoms with E-state index < -0.39 is 0 Å². The van der Waals surface area contributed by atoms with Crippen molar-refractivity contribution in [3.05, 3.63) is 36.0 Å². The quantitative estimate of drug-likeness (QED) is 0.716. The van der Waals surface area contributed by atoms with Gasteiger partial charge in [-0.1, -0.05) is 30.4 Å². The maximum absolute atomic E-state index is 5.24. The number of para-hydroxylation sites is 1. The van der Waals surface area contributed by atoms with E-state index in [9.17, 15) is 0 Å². The topological polar surface area (TPSA) is 17.0 Å². The number of rotatable bonds is 1. The Labute approximate surface area is 88.5 Å². The summed E-state index contributed by atoms with van der Waals surface area (Å²) in [6.45, 7) is 0. The van der Waals surface area contributed by atoms with Crippen LogP contribution in [0.15, 0.2) is 30.5 Å². The van der Waals surface area contributed by atoms with Crippen LogP contribution in [0.5, 0.6) is 0 Å². The number of thiocarbonyl (C=S) groups is 1. The minimum Gasteiger partial charge on any atom is -0.379 e. The van der Waals surface area contributed by atoms with Gasteiger partial charge in [0.15, 0.2) is 0 Å². The number of fused-ring (bicyclic) bond motifs is 1. The van der Waals surface area contributed by atoms with Crippen molar-refractivity contribution >= 4 is 28.1 Å². The third kappa shape index (κ3) is 1.30. The lowest BCUT2D eigenvalue weighted by atomic mass is 10.2. The van der Waals surface area contributed by atoms with Crippen LogP contribution in [-0.2, 0) is 7.05 Å². The zero-order valence-corrected chi connectivity index (χ0v) is 9.06. The zero-order chi connectivity index (χ0) is 10.1. The Morgan fingerprint density at radius 3 is 2.79 bits per heavy atom. The normalized spacial score (nSPS) is 10.4. The molecule has 0 saturated carbocycles. The molecule has 14 heavy (non-hydrogen) atoms. The average Bonchev–Trinajstić information content (AvgIpc) is 2.56. The molecule has 3 heteroatoms. The molecule has 0 unspecified atom stereocenters. The number of hydrogen-bond donors (Lipinski definition) is 1. The van der Waals surface area contributed by atoms with Crippen LogP contribution in [0.3, 0.4) is 0 Å². The summed E-state index contributed by atoms with van der Waals surface area (Å²) in [5.41, 5.74) is 2.31. The number of nitrogens with one attached hydrogen (secondary N) is 1. The molecule has 0 aliphatic heterocycles. The van der Waals surface area contributed by atoms with Crippen molar-refractivity contribution < 1.29 is 0 Å². The van der Waals surface area contributed by atoms with E-state index in [1.807, 2.05) is 26.2 Å². The Hall–Kier alpha value is -1.35. The minimum atomic E-state index is 0.793. The van der Waals surface area contributed by atoms with Crippen molar-refractivity contribution in [2.45, 2.75) is 0 Å². The van der Waals surface area contributed by atoms with Crippen molar-refractivity contribution in [3.8, 4) is 0 Å². The molecule has 1 heterocycles. The number of aryl methyl sites for hydroxylation is 1. The molecule has 0 aliphatic rings. The molecule has 0 aliphatic carbocycles. The van der Waals surface area contributed by atoms with Crippen LogP contribution in [0, 0.1) is 0 Å². The smallest absolute Gasteiger partial charge is 0.108 e. The first-order valence-corrected chi connectivity index (χ1v) is 4.91. The Morgan fingerprint density at radius 1 is 1.36 bits per heavy atom. The summed E-state index contributed by atoms with van der Waals surface area (Å²) >= 11 is 5.24. The largest absolute Gasteiger partial charge is 0.379 e. The SMILES string of the molecule is CNC(=S)c1cn(C)c2ccccc12. The van der Waals surface area contributed by atoms with Gasteiger partial charge in [-0.2, -0.15) is 0 Å². The lowest BCUT2D eigenvalue weighted by Crippen LogP contribution is -2.15. The van der Waals surface area contributed by atoms with Crippen LogP contribution in [0.1, 0.15) is 5.56 Å². The molecule has 1 aromatic carbocycles. The van der Waals surface area contributed by atoms with Crippen LogP contribution in [-0.4, -0.2) is 16.6 Å². The van der Waals surface area contributed by atoms with Crippen LogP contribution in [0.2, 0.25) is 0 Å². The summed E-state index contributed by atoms with van der Waals surface area (Å²) in [5, 5.41) is 4.21. The highest BCUT2D eigenvalue weighted by atomic mass is 32.1. The van der Waals surface area contributed by atoms with Crippen LogP contribution in [0.4, 0.5) is 0 Å². The Bertz CT molecular complexity index is 485. The van der Waals surface area contributed by atoms with Crippen LogP contribution in [0.25, 0.3) is 10.9 Å². The monoisotopic (exact) mass is 204 g/mol. The van der Waals surface area contributed by atoms with Gasteiger partial charge in [0.05, 0.1) is 0 Å². The highest BCUT2D eigenvalue weighted by Crippen LogP contribution is 2.20. The van der Waals surface area contributed by atoms with Gasteiger partial charge < -0.3 is 9.88 Å². The lowest BCUT2D eigenvalue weighted by molar-refractivity contribution is 0.967. The van der Waals surface area contributed by atoms with Gasteiger partial charge in [0.25, 0.3) is 0 Å². The molecule has 2 nitrogen and oxygen atoms in total. The molecule has 0 atom stereocenters. The molecular formula is C11H12N2S. The van der Waals surface area contributed by atoms with Gasteiger partial charge in [0, 0.05) is 36.8 Å². The lowest BCUT2D eigenvalue weighted by Gasteiger charge is -1.99. The van der Waals surface area contributed by atoms with E-state index in [1.165, 1.54) is 10.9 Å². The first-order valence-electron chi connectivity index (χ1n) is 4.50. The second-order valence-corrected chi connectivity index (χ2v) is 3.66. The van der Waals surface area contributed by atoms with E-state index in [1.54, 1.807) is 0 Å². The molecule has 1 aromatic heterocycles. The molecular weight excluding hydrogens is 192 g/mol. The number of hydrogen-bond acceptors (Lipinski definition) is 1. The summed E-state index contributed by atoms with van der Waals surface area (Å²) in [5.74, 6) is 0. The molecule has 1 N–H and O–H groups in total. The van der Waals surface area contributed by atoms with Crippen molar-refractivity contribution in [1.29, 1.82) is 0 Å². The van der Waals surface area contributed by atoms with Gasteiger partial charge in [-0.25, -0.2) is 0 Å². The maximum Gasteiger partial charge on any atom is 0.108 e. The van der Waals surface area contributed by atoms with Crippen molar-refractivity contribution in [1.82, 2.24) is 9.88 Å². The van der Waals surface area contributed by atoms with Crippen molar-refractivity contribution in [2.24, 2.45) is 7.05 Å². The predicted octanol–water partition coefficient (Wildman–Crippen LogP) is 2.07. The minimum absolute atomic E-state index is 0.793. The predicted molar refractivity (Wildman–Crippen MR) is 63.7 cm³/mol. The number of nitrogens with zero attached hydrogens (tertiary/aromatic N) is 1. The fraction of sp³-hybridized carbons (Fsp3) is 0.182. The summed E-state index contributed by atoms with van der Waals surface area (Å²) in [4.78, 5) is 0.793. The molecule has 72 valence electrons. The summed E-state index contributed by atoms with van der Waals surface area (Å²) in [6.07, 6.45) is 2.06. The number of aromatic nitrogens is 1. The molecule has 0 saturated heterocycles. The Kier molecular flexibility index (Phi) is 2.25. The number of benzene rings is 1. The Morgan fingerprint density at radius 2 is 2.07 bits per heavy atom. The van der Waals surface area contributed by atoms with E-state index in [0.29, 0.717) is 0 Å². The van der Waals surface area contributed by atoms with Crippen molar-refractivity contribution in [3.63, 3.8) is 0 Å². The van der Waals surface area contributed by atoms with E-state index >= 15 is 0 Å². The molecule has 2 aromatic rings. The molecule has 0 bridgehead atoms. The van der Waals surface area contributed by atoms with E-state index in [4.69, 9.17) is 12.2 Å². The second-order valence-electron chi connectivity index (χ2n) is 3.25. The second kappa shape index (κ2) is 3.42. The summed E-state index contributed by atoms with van der Waals surface area (Å²) < 4.78 is 2.09. The van der Waals surface area contributed by atoms with E-state index in [-0.39, 0.29) is 0 Å². The third-order valence-electron chi connectivity index (χ3n) is 2.37. The van der Waals surface area contributed by atoms with Crippen LogP contribution >= 0.6 is 12.2 Å². The molecule has 2 rings (SSSR count). The first-order chi connectivity index (χ1) is 6.74. The van der Waals surface area contributed by atoms with Gasteiger partial charge in [-0.3, -0.25) is 0 Å². The molecule has 0 spiro atoms. The average molecular weight is 204 g/mol. The van der Waals surface area contributed by atoms with Crippen LogP contribution < -0.4 is 5.32 Å². The molecule has 0 radical (unpaired) electrons. The van der Waals surface area contributed by atoms with Gasteiger partial charge in [-0.15, -0.1) is 0 Å².